The highest BCUT2D eigenvalue weighted by Crippen LogP contribution is 2.30. The average molecular weight is 417 g/mol. The molecule has 0 aliphatic carbocycles. The molecular weight excluding hydrogens is 392 g/mol. The van der Waals surface area contributed by atoms with Crippen molar-refractivity contribution < 1.29 is 13.2 Å². The molecule has 5 nitrogen and oxygen atoms in total. The lowest BCUT2D eigenvalue weighted by atomic mass is 10.0. The molecule has 7 heteroatoms. The number of benzene rings is 2. The first kappa shape index (κ1) is 20.6. The first-order chi connectivity index (χ1) is 13.3. The van der Waals surface area contributed by atoms with Crippen LogP contribution >= 0.6 is 11.8 Å². The van der Waals surface area contributed by atoms with Crippen LogP contribution in [0.3, 0.4) is 0 Å². The van der Waals surface area contributed by atoms with E-state index in [1.807, 2.05) is 18.2 Å². The van der Waals surface area contributed by atoms with Crippen LogP contribution < -0.4 is 0 Å². The van der Waals surface area contributed by atoms with E-state index in [4.69, 9.17) is 4.99 Å². The summed E-state index contributed by atoms with van der Waals surface area (Å²) >= 11 is 1.58. The van der Waals surface area contributed by atoms with Gasteiger partial charge in [-0.15, -0.1) is 0 Å². The van der Waals surface area contributed by atoms with E-state index in [0.717, 1.165) is 29.7 Å². The zero-order valence-corrected chi connectivity index (χ0v) is 17.9. The Labute approximate surface area is 170 Å². The third-order valence-corrected chi connectivity index (χ3v) is 6.73. The van der Waals surface area contributed by atoms with E-state index in [1.54, 1.807) is 28.8 Å². The van der Waals surface area contributed by atoms with Gasteiger partial charge in [0.15, 0.2) is 15.0 Å². The minimum atomic E-state index is -3.29. The molecule has 1 saturated heterocycles. The van der Waals surface area contributed by atoms with Crippen LogP contribution in [0.1, 0.15) is 42.1 Å². The minimum Gasteiger partial charge on any atom is -0.287 e. The van der Waals surface area contributed by atoms with Crippen LogP contribution in [-0.4, -0.2) is 42.9 Å². The van der Waals surface area contributed by atoms with Crippen molar-refractivity contribution in [3.8, 4) is 0 Å². The number of nitrogens with zero attached hydrogens (tertiary/aromatic N) is 2. The van der Waals surface area contributed by atoms with Crippen molar-refractivity contribution in [3.05, 3.63) is 59.7 Å². The highest BCUT2D eigenvalue weighted by Gasteiger charge is 2.25. The first-order valence-corrected chi connectivity index (χ1v) is 12.1. The second-order valence-electron chi connectivity index (χ2n) is 7.06. The van der Waals surface area contributed by atoms with Crippen LogP contribution in [0.25, 0.3) is 0 Å². The molecule has 2 aromatic rings. The Morgan fingerprint density at radius 3 is 2.43 bits per heavy atom. The van der Waals surface area contributed by atoms with E-state index < -0.39 is 9.84 Å². The molecule has 0 aromatic heterocycles. The van der Waals surface area contributed by atoms with Crippen LogP contribution in [0.5, 0.6) is 0 Å². The van der Waals surface area contributed by atoms with Gasteiger partial charge in [-0.2, -0.15) is 0 Å². The van der Waals surface area contributed by atoms with Gasteiger partial charge in [0.1, 0.15) is 0 Å². The highest BCUT2D eigenvalue weighted by atomic mass is 32.2. The van der Waals surface area contributed by atoms with Gasteiger partial charge in [0, 0.05) is 24.1 Å². The van der Waals surface area contributed by atoms with E-state index in [9.17, 15) is 13.2 Å². The van der Waals surface area contributed by atoms with Crippen LogP contribution in [-0.2, 0) is 9.84 Å². The summed E-state index contributed by atoms with van der Waals surface area (Å²) in [5.41, 5.74) is 2.48. The fourth-order valence-electron chi connectivity index (χ4n) is 3.02. The summed E-state index contributed by atoms with van der Waals surface area (Å²) in [6, 6.07) is 14.1. The molecule has 28 heavy (non-hydrogen) atoms. The lowest BCUT2D eigenvalue weighted by Crippen LogP contribution is -2.39. The second kappa shape index (κ2) is 8.49. The van der Waals surface area contributed by atoms with Gasteiger partial charge in [-0.1, -0.05) is 43.8 Å². The Kier molecular flexibility index (Phi) is 6.25. The number of rotatable bonds is 4. The quantitative estimate of drug-likeness (QED) is 0.737. The topological polar surface area (TPSA) is 66.8 Å². The fraction of sp³-hybridized carbons (Fsp3) is 0.333. The molecule has 0 N–H and O–H groups in total. The van der Waals surface area contributed by atoms with Gasteiger partial charge in [0.05, 0.1) is 10.6 Å². The largest absolute Gasteiger partial charge is 0.287 e. The van der Waals surface area contributed by atoms with Crippen molar-refractivity contribution in [2.45, 2.75) is 31.1 Å². The van der Waals surface area contributed by atoms with Gasteiger partial charge in [0.25, 0.3) is 5.91 Å². The number of para-hydroxylation sites is 1. The van der Waals surface area contributed by atoms with Crippen molar-refractivity contribution in [2.24, 2.45) is 4.99 Å². The third kappa shape index (κ3) is 4.64. The van der Waals surface area contributed by atoms with Gasteiger partial charge >= 0.3 is 0 Å². The molecule has 1 amide bonds. The molecular formula is C21H24N2O3S2. The number of sulfone groups is 1. The summed E-state index contributed by atoms with van der Waals surface area (Å²) in [7, 11) is -3.29. The normalized spacial score (nSPS) is 16.6. The molecule has 0 saturated carbocycles. The molecule has 0 radical (unpaired) electrons. The average Bonchev–Trinajstić information content (AvgIpc) is 2.67. The van der Waals surface area contributed by atoms with Crippen molar-refractivity contribution in [1.82, 2.24) is 4.90 Å². The first-order valence-electron chi connectivity index (χ1n) is 9.20. The summed E-state index contributed by atoms with van der Waals surface area (Å²) in [5.74, 6) is 1.09. The molecule has 148 valence electrons. The minimum absolute atomic E-state index is 0.159. The predicted molar refractivity (Wildman–Crippen MR) is 115 cm³/mol. The maximum absolute atomic E-state index is 13.1. The third-order valence-electron chi connectivity index (χ3n) is 4.54. The summed E-state index contributed by atoms with van der Waals surface area (Å²) in [4.78, 5) is 19.8. The summed E-state index contributed by atoms with van der Waals surface area (Å²) in [5, 5.41) is 0.691. The molecule has 0 atom stereocenters. The molecule has 1 heterocycles. The number of hydrogen-bond donors (Lipinski definition) is 0. The van der Waals surface area contributed by atoms with Gasteiger partial charge in [0.2, 0.25) is 0 Å². The summed E-state index contributed by atoms with van der Waals surface area (Å²) in [6.07, 6.45) is 2.05. The predicted octanol–water partition coefficient (Wildman–Crippen LogP) is 4.48. The summed E-state index contributed by atoms with van der Waals surface area (Å²) < 4.78 is 23.3. The molecule has 1 aliphatic rings. The van der Waals surface area contributed by atoms with E-state index in [2.05, 4.69) is 19.9 Å². The molecule has 0 spiro atoms. The molecule has 0 bridgehead atoms. The van der Waals surface area contributed by atoms with Crippen molar-refractivity contribution in [1.29, 1.82) is 0 Å². The number of carbonyl (C=O) groups excluding carboxylic acids is 1. The van der Waals surface area contributed by atoms with Crippen molar-refractivity contribution in [2.75, 3.05) is 18.6 Å². The Bertz CT molecular complexity index is 997. The van der Waals surface area contributed by atoms with Crippen LogP contribution in [0, 0.1) is 0 Å². The smallest absolute Gasteiger partial charge is 0.259 e. The molecule has 2 aromatic carbocycles. The Balaban J connectivity index is 1.92. The monoisotopic (exact) mass is 416 g/mol. The number of amides is 1. The molecule has 1 fully saturated rings. The Morgan fingerprint density at radius 1 is 1.11 bits per heavy atom. The number of aliphatic imine (C=N–C) groups is 1. The molecule has 3 rings (SSSR count). The van der Waals surface area contributed by atoms with Crippen molar-refractivity contribution >= 4 is 38.4 Å². The number of hydrogen-bond acceptors (Lipinski definition) is 5. The van der Waals surface area contributed by atoms with Gasteiger partial charge in [-0.3, -0.25) is 9.69 Å². The lowest BCUT2D eigenvalue weighted by molar-refractivity contribution is 0.0849. The Morgan fingerprint density at radius 2 is 1.79 bits per heavy atom. The van der Waals surface area contributed by atoms with E-state index in [1.165, 1.54) is 12.1 Å². The second-order valence-corrected chi connectivity index (χ2v) is 10.1. The highest BCUT2D eigenvalue weighted by molar-refractivity contribution is 8.13. The maximum Gasteiger partial charge on any atom is 0.259 e. The van der Waals surface area contributed by atoms with Gasteiger partial charge < -0.3 is 0 Å². The SMILES string of the molecule is CC(C)c1ccccc1N=C1SCCCN1C(=O)c1ccc(S(C)(=O)=O)cc1. The standard InChI is InChI=1S/C21H24N2O3S2/c1-15(2)18-7-4-5-8-19(18)22-21-23(13-6-14-27-21)20(24)16-9-11-17(12-10-16)28(3,25)26/h4-5,7-12,15H,6,13-14H2,1-3H3. The van der Waals surface area contributed by atoms with E-state index in [0.29, 0.717) is 23.2 Å². The number of carbonyl (C=O) groups is 1. The number of thioether (sulfide) groups is 1. The maximum atomic E-state index is 13.1. The number of amidine groups is 1. The molecule has 0 unspecified atom stereocenters. The molecule has 1 aliphatic heterocycles. The van der Waals surface area contributed by atoms with Gasteiger partial charge in [-0.25, -0.2) is 13.4 Å². The zero-order valence-electron chi connectivity index (χ0n) is 16.3. The van der Waals surface area contributed by atoms with Crippen LogP contribution in [0.2, 0.25) is 0 Å². The lowest BCUT2D eigenvalue weighted by Gasteiger charge is -2.28. The van der Waals surface area contributed by atoms with Crippen molar-refractivity contribution in [3.63, 3.8) is 0 Å². The van der Waals surface area contributed by atoms with E-state index in [-0.39, 0.29) is 10.8 Å². The summed E-state index contributed by atoms with van der Waals surface area (Å²) in [6.45, 7) is 4.85. The van der Waals surface area contributed by atoms with Gasteiger partial charge in [-0.05, 0) is 48.2 Å². The van der Waals surface area contributed by atoms with Crippen LogP contribution in [0.4, 0.5) is 5.69 Å². The van der Waals surface area contributed by atoms with E-state index >= 15 is 0 Å². The van der Waals surface area contributed by atoms with Crippen LogP contribution in [0.15, 0.2) is 58.4 Å². The Hall–Kier alpha value is -2.12. The fourth-order valence-corrected chi connectivity index (χ4v) is 4.60. The zero-order chi connectivity index (χ0) is 20.3.